The molecule has 0 saturated carbocycles. The minimum absolute atomic E-state index is 0.149. The molecular weight excluding hydrogens is 498 g/mol. The van der Waals surface area contributed by atoms with Gasteiger partial charge in [-0.15, -0.1) is 0 Å². The Hall–Kier alpha value is -4.90. The maximum Gasteiger partial charge on any atom is 0.414 e. The zero-order chi connectivity index (χ0) is 26.7. The second-order valence-corrected chi connectivity index (χ2v) is 9.85. The molecule has 1 aromatic carbocycles. The monoisotopic (exact) mass is 523 g/mol. The molecular formula is C28H25N7O4. The van der Waals surface area contributed by atoms with Gasteiger partial charge in [0.15, 0.2) is 0 Å². The molecule has 0 bridgehead atoms. The summed E-state index contributed by atoms with van der Waals surface area (Å²) in [6.07, 6.45) is 4.99. The molecule has 2 amide bonds. The summed E-state index contributed by atoms with van der Waals surface area (Å²) in [5.41, 5.74) is 7.14. The first-order valence-corrected chi connectivity index (χ1v) is 12.6. The zero-order valence-electron chi connectivity index (χ0n) is 21.4. The maximum atomic E-state index is 13.0. The minimum atomic E-state index is -0.372. The Morgan fingerprint density at radius 1 is 1.10 bits per heavy atom. The molecule has 0 aliphatic carbocycles. The van der Waals surface area contributed by atoms with E-state index in [1.165, 1.54) is 0 Å². The number of fused-ring (bicyclic) bond motifs is 4. The van der Waals surface area contributed by atoms with Crippen molar-refractivity contribution in [2.24, 2.45) is 0 Å². The van der Waals surface area contributed by atoms with Crippen molar-refractivity contribution in [2.45, 2.75) is 13.1 Å². The topological polar surface area (TPSA) is 117 Å². The number of nitrogens with zero attached hydrogens (tertiary/aromatic N) is 5. The first kappa shape index (κ1) is 23.2. The molecule has 0 radical (unpaired) electrons. The number of furan rings is 1. The van der Waals surface area contributed by atoms with Crippen molar-refractivity contribution in [3.8, 4) is 11.1 Å². The number of amides is 2. The number of hydrogen-bond acceptors (Lipinski definition) is 8. The largest absolute Gasteiger partial charge is 0.464 e. The highest BCUT2D eigenvalue weighted by molar-refractivity contribution is 6.08. The molecule has 6 heterocycles. The number of rotatable bonds is 6. The number of carbonyl (C=O) groups is 2. The van der Waals surface area contributed by atoms with Crippen molar-refractivity contribution in [1.29, 1.82) is 0 Å². The van der Waals surface area contributed by atoms with Crippen molar-refractivity contribution in [2.75, 3.05) is 37.5 Å². The highest BCUT2D eigenvalue weighted by Gasteiger charge is 2.29. The third-order valence-corrected chi connectivity index (χ3v) is 7.10. The van der Waals surface area contributed by atoms with E-state index in [2.05, 4.69) is 15.7 Å². The predicted molar refractivity (Wildman–Crippen MR) is 145 cm³/mol. The number of nitrogens with one attached hydrogen (secondary N) is 2. The number of aromatic nitrogens is 3. The standard InChI is InChI=1S/C28H25N7O4/c1-33(2)15-21-22(34-10-12-39-28(34)37)5-6-24(32-21)31-20-4-3-16(18-13-29-27(36)25(18)20)19-14-30-35-9-7-23-17(26(19)35)8-11-38-23/h3-9,11,14H,10,12-13,15H2,1-2H3,(H,29,36)(H,31,32). The quantitative estimate of drug-likeness (QED) is 0.341. The smallest absolute Gasteiger partial charge is 0.414 e. The van der Waals surface area contributed by atoms with E-state index in [0.29, 0.717) is 49.0 Å². The summed E-state index contributed by atoms with van der Waals surface area (Å²) in [6.45, 7) is 1.78. The highest BCUT2D eigenvalue weighted by atomic mass is 16.6. The van der Waals surface area contributed by atoms with Gasteiger partial charge >= 0.3 is 6.09 Å². The van der Waals surface area contributed by atoms with Crippen LogP contribution < -0.4 is 15.5 Å². The van der Waals surface area contributed by atoms with E-state index in [1.807, 2.05) is 72.3 Å². The lowest BCUT2D eigenvalue weighted by molar-refractivity contribution is 0.0966. The molecule has 5 aromatic rings. The van der Waals surface area contributed by atoms with Gasteiger partial charge in [0.05, 0.1) is 47.2 Å². The number of anilines is 3. The molecule has 2 aliphatic heterocycles. The van der Waals surface area contributed by atoms with Crippen LogP contribution in [-0.2, 0) is 17.8 Å². The molecule has 4 aromatic heterocycles. The van der Waals surface area contributed by atoms with E-state index in [-0.39, 0.29) is 12.0 Å². The van der Waals surface area contributed by atoms with Gasteiger partial charge in [0, 0.05) is 30.2 Å². The first-order valence-electron chi connectivity index (χ1n) is 12.6. The van der Waals surface area contributed by atoms with Crippen LogP contribution in [0.1, 0.15) is 21.6 Å². The van der Waals surface area contributed by atoms with Crippen LogP contribution in [0.25, 0.3) is 27.6 Å². The summed E-state index contributed by atoms with van der Waals surface area (Å²) in [5.74, 6) is 0.429. The lowest BCUT2D eigenvalue weighted by Gasteiger charge is -2.20. The summed E-state index contributed by atoms with van der Waals surface area (Å²) in [6, 6.07) is 11.4. The highest BCUT2D eigenvalue weighted by Crippen LogP contribution is 2.38. The average molecular weight is 524 g/mol. The van der Waals surface area contributed by atoms with Crippen molar-refractivity contribution >= 4 is 45.7 Å². The maximum absolute atomic E-state index is 13.0. The van der Waals surface area contributed by atoms with Gasteiger partial charge in [-0.1, -0.05) is 6.07 Å². The van der Waals surface area contributed by atoms with Crippen LogP contribution in [0.3, 0.4) is 0 Å². The van der Waals surface area contributed by atoms with Crippen molar-refractivity contribution in [3.63, 3.8) is 0 Å². The fourth-order valence-corrected chi connectivity index (χ4v) is 5.40. The van der Waals surface area contributed by atoms with Gasteiger partial charge in [-0.3, -0.25) is 9.69 Å². The summed E-state index contributed by atoms with van der Waals surface area (Å²) in [4.78, 5) is 33.7. The number of cyclic esters (lactones) is 1. The summed E-state index contributed by atoms with van der Waals surface area (Å²) in [7, 11) is 3.89. The van der Waals surface area contributed by atoms with E-state index in [0.717, 1.165) is 38.9 Å². The van der Waals surface area contributed by atoms with E-state index < -0.39 is 0 Å². The SMILES string of the molecule is CN(C)Cc1nc(Nc2ccc(-c3cnn4ccc5occc5c34)c3c2C(=O)NC3)ccc1N1CCOC1=O. The van der Waals surface area contributed by atoms with E-state index in [1.54, 1.807) is 11.2 Å². The number of ether oxygens (including phenoxy) is 1. The fraction of sp³-hybridized carbons (Fsp3) is 0.214. The number of pyridine rings is 2. The first-order chi connectivity index (χ1) is 19.0. The van der Waals surface area contributed by atoms with E-state index in [9.17, 15) is 9.59 Å². The van der Waals surface area contributed by atoms with Crippen molar-refractivity contribution < 1.29 is 18.7 Å². The van der Waals surface area contributed by atoms with Gasteiger partial charge in [0.2, 0.25) is 0 Å². The second kappa shape index (κ2) is 8.84. The Morgan fingerprint density at radius 3 is 2.82 bits per heavy atom. The molecule has 2 aliphatic rings. The molecule has 39 heavy (non-hydrogen) atoms. The van der Waals surface area contributed by atoms with Gasteiger partial charge in [-0.25, -0.2) is 14.3 Å². The Morgan fingerprint density at radius 2 is 2.00 bits per heavy atom. The molecule has 11 heteroatoms. The van der Waals surface area contributed by atoms with Crippen LogP contribution >= 0.6 is 0 Å². The molecule has 0 unspecified atom stereocenters. The van der Waals surface area contributed by atoms with Gasteiger partial charge in [-0.2, -0.15) is 5.10 Å². The van der Waals surface area contributed by atoms with Crippen LogP contribution in [0, 0.1) is 0 Å². The lowest BCUT2D eigenvalue weighted by atomic mass is 9.95. The zero-order valence-corrected chi connectivity index (χ0v) is 21.4. The Labute approximate surface area is 223 Å². The second-order valence-electron chi connectivity index (χ2n) is 9.85. The van der Waals surface area contributed by atoms with E-state index >= 15 is 0 Å². The molecule has 7 rings (SSSR count). The molecule has 0 atom stereocenters. The van der Waals surface area contributed by atoms with Crippen LogP contribution in [0.4, 0.5) is 22.0 Å². The Kier molecular flexibility index (Phi) is 5.27. The minimum Gasteiger partial charge on any atom is -0.464 e. The average Bonchev–Trinajstić information content (AvgIpc) is 3.71. The van der Waals surface area contributed by atoms with Gasteiger partial charge < -0.3 is 24.7 Å². The van der Waals surface area contributed by atoms with E-state index in [4.69, 9.17) is 14.1 Å². The molecule has 196 valence electrons. The Bertz CT molecular complexity index is 1790. The lowest BCUT2D eigenvalue weighted by Crippen LogP contribution is -2.26. The molecule has 0 spiro atoms. The van der Waals surface area contributed by atoms with Crippen LogP contribution in [0.15, 0.2) is 59.5 Å². The molecule has 1 saturated heterocycles. The summed E-state index contributed by atoms with van der Waals surface area (Å²) < 4.78 is 12.6. The van der Waals surface area contributed by atoms with Crippen LogP contribution in [0.5, 0.6) is 0 Å². The van der Waals surface area contributed by atoms with Gasteiger partial charge in [0.1, 0.15) is 18.0 Å². The number of carbonyl (C=O) groups excluding carboxylic acids is 2. The van der Waals surface area contributed by atoms with Crippen LogP contribution in [0.2, 0.25) is 0 Å². The van der Waals surface area contributed by atoms with Crippen molar-refractivity contribution in [1.82, 2.24) is 24.8 Å². The summed E-state index contributed by atoms with van der Waals surface area (Å²) >= 11 is 0. The molecule has 1 fully saturated rings. The summed E-state index contributed by atoms with van der Waals surface area (Å²) in [5, 5.41) is 11.8. The van der Waals surface area contributed by atoms with Gasteiger partial charge in [0.25, 0.3) is 5.91 Å². The van der Waals surface area contributed by atoms with Crippen LogP contribution in [-0.4, -0.2) is 58.7 Å². The number of benzene rings is 1. The van der Waals surface area contributed by atoms with Crippen molar-refractivity contribution in [3.05, 3.63) is 71.9 Å². The fourth-order valence-electron chi connectivity index (χ4n) is 5.40. The molecule has 2 N–H and O–H groups in total. The third kappa shape index (κ3) is 3.77. The number of hydrogen-bond donors (Lipinski definition) is 2. The Balaban J connectivity index is 1.29. The third-order valence-electron chi connectivity index (χ3n) is 7.10. The predicted octanol–water partition coefficient (Wildman–Crippen LogP) is 4.15. The van der Waals surface area contributed by atoms with Gasteiger partial charge in [-0.05, 0) is 55.6 Å². The normalized spacial score (nSPS) is 14.9. The molecule has 11 nitrogen and oxygen atoms in total.